The molecule has 0 saturated heterocycles. The molecule has 0 aliphatic rings. The Bertz CT molecular complexity index is 509. The highest BCUT2D eigenvalue weighted by Gasteiger charge is 2.15. The first-order chi connectivity index (χ1) is 8.70. The summed E-state index contributed by atoms with van der Waals surface area (Å²) in [7, 11) is -7.55. The highest BCUT2D eigenvalue weighted by atomic mass is 32.2. The molecule has 6 nitrogen and oxygen atoms in total. The summed E-state index contributed by atoms with van der Waals surface area (Å²) in [4.78, 5) is 0. The molecular weight excluding hydrogens is 292 g/mol. The minimum atomic E-state index is -4.07. The fourth-order valence-corrected chi connectivity index (χ4v) is 3.36. The van der Waals surface area contributed by atoms with Gasteiger partial charge in [0, 0.05) is 5.92 Å². The lowest BCUT2D eigenvalue weighted by Gasteiger charge is -2.08. The molecule has 1 unspecified atom stereocenters. The molecule has 0 bridgehead atoms. The van der Waals surface area contributed by atoms with Gasteiger partial charge in [-0.25, -0.2) is 0 Å². The van der Waals surface area contributed by atoms with E-state index in [9.17, 15) is 16.8 Å². The summed E-state index contributed by atoms with van der Waals surface area (Å²) in [6.07, 6.45) is 1.29. The molecule has 112 valence electrons. The van der Waals surface area contributed by atoms with E-state index in [1.165, 1.54) is 0 Å². The van der Waals surface area contributed by atoms with Gasteiger partial charge in [-0.2, -0.15) is 16.8 Å². The van der Waals surface area contributed by atoms with Crippen LogP contribution >= 0.6 is 0 Å². The third kappa shape index (κ3) is 10.9. The van der Waals surface area contributed by atoms with Gasteiger partial charge in [0.25, 0.3) is 20.2 Å². The van der Waals surface area contributed by atoms with Crippen molar-refractivity contribution in [3.63, 3.8) is 0 Å². The van der Waals surface area contributed by atoms with Crippen molar-refractivity contribution < 1.29 is 25.6 Å². The zero-order chi connectivity index (χ0) is 14.9. The van der Waals surface area contributed by atoms with Crippen LogP contribution in [0.3, 0.4) is 0 Å². The van der Waals surface area contributed by atoms with Crippen molar-refractivity contribution in [3.05, 3.63) is 0 Å². The predicted octanol–water partition coefficient (Wildman–Crippen LogP) is 1.05. The minimum absolute atomic E-state index is 0.0982. The number of hydrogen-bond acceptors (Lipinski definition) is 5. The van der Waals surface area contributed by atoms with Crippen LogP contribution < -0.4 is 0 Å². The van der Waals surface area contributed by atoms with E-state index in [4.69, 9.17) is 4.55 Å². The normalized spacial score (nSPS) is 13.6. The van der Waals surface area contributed by atoms with Crippen LogP contribution in [-0.4, -0.2) is 39.5 Å². The topological polar surface area (TPSA) is 97.7 Å². The Kier molecular flexibility index (Phi) is 8.25. The molecule has 1 atom stereocenters. The third-order valence-electron chi connectivity index (χ3n) is 2.25. The summed E-state index contributed by atoms with van der Waals surface area (Å²) in [5, 5.41) is 0. The predicted molar refractivity (Wildman–Crippen MR) is 72.6 cm³/mol. The molecule has 0 aliphatic carbocycles. The van der Waals surface area contributed by atoms with Gasteiger partial charge in [-0.05, 0) is 26.7 Å². The summed E-state index contributed by atoms with van der Waals surface area (Å²) in [5.74, 6) is 4.29. The summed E-state index contributed by atoms with van der Waals surface area (Å²) in [6.45, 7) is 3.28. The zero-order valence-corrected chi connectivity index (χ0v) is 12.8. The van der Waals surface area contributed by atoms with E-state index in [1.54, 1.807) is 13.8 Å². The number of rotatable bonds is 9. The van der Waals surface area contributed by atoms with E-state index in [2.05, 4.69) is 16.0 Å². The van der Waals surface area contributed by atoms with Crippen molar-refractivity contribution in [2.45, 2.75) is 33.1 Å². The van der Waals surface area contributed by atoms with Crippen LogP contribution in [0.1, 0.15) is 33.1 Å². The molecular formula is C11H20O6S2. The molecule has 0 saturated carbocycles. The summed E-state index contributed by atoms with van der Waals surface area (Å²) < 4.78 is 57.4. The van der Waals surface area contributed by atoms with Gasteiger partial charge in [-0.3, -0.25) is 8.74 Å². The molecule has 0 aromatic rings. The molecule has 0 amide bonds. The quantitative estimate of drug-likeness (QED) is 0.296. The van der Waals surface area contributed by atoms with Gasteiger partial charge in [0.15, 0.2) is 0 Å². The Balaban J connectivity index is 4.17. The molecule has 0 heterocycles. The van der Waals surface area contributed by atoms with Crippen LogP contribution in [0.15, 0.2) is 0 Å². The first-order valence-corrected chi connectivity index (χ1v) is 9.13. The lowest BCUT2D eigenvalue weighted by Crippen LogP contribution is -2.15. The van der Waals surface area contributed by atoms with Crippen LogP contribution in [-0.2, 0) is 24.4 Å². The van der Waals surface area contributed by atoms with E-state index in [0.717, 1.165) is 0 Å². The van der Waals surface area contributed by atoms with Crippen molar-refractivity contribution in [1.82, 2.24) is 0 Å². The zero-order valence-electron chi connectivity index (χ0n) is 11.1. The summed E-state index contributed by atoms with van der Waals surface area (Å²) in [6, 6.07) is 0. The van der Waals surface area contributed by atoms with E-state index >= 15 is 0 Å². The summed E-state index contributed by atoms with van der Waals surface area (Å²) in [5.41, 5.74) is 0. The Morgan fingerprint density at radius 2 is 1.84 bits per heavy atom. The first kappa shape index (κ1) is 18.4. The molecule has 0 spiro atoms. The standard InChI is InChI=1S/C11H20O6S2/c1-3-7-11(10-18(12,13)14)8-5-6-9-19(15,16)17-4-2/h11H,4-6,8-10H2,1-2H3,(H,12,13,14). The summed E-state index contributed by atoms with van der Waals surface area (Å²) >= 11 is 0. The van der Waals surface area contributed by atoms with Gasteiger partial charge in [-0.1, -0.05) is 12.3 Å². The molecule has 0 aromatic carbocycles. The maximum absolute atomic E-state index is 11.2. The van der Waals surface area contributed by atoms with Crippen LogP contribution in [0, 0.1) is 17.8 Å². The molecule has 8 heteroatoms. The lowest BCUT2D eigenvalue weighted by atomic mass is 10.1. The molecule has 0 aromatic heterocycles. The van der Waals surface area contributed by atoms with Gasteiger partial charge in [0.2, 0.25) is 0 Å². The second kappa shape index (κ2) is 8.53. The highest BCUT2D eigenvalue weighted by molar-refractivity contribution is 7.86. The highest BCUT2D eigenvalue weighted by Crippen LogP contribution is 2.11. The van der Waals surface area contributed by atoms with Gasteiger partial charge >= 0.3 is 0 Å². The van der Waals surface area contributed by atoms with Crippen LogP contribution in [0.4, 0.5) is 0 Å². The van der Waals surface area contributed by atoms with Gasteiger partial charge in [-0.15, -0.1) is 5.92 Å². The fraction of sp³-hybridized carbons (Fsp3) is 0.818. The first-order valence-electron chi connectivity index (χ1n) is 5.94. The Morgan fingerprint density at radius 1 is 1.21 bits per heavy atom. The average Bonchev–Trinajstić information content (AvgIpc) is 2.22. The van der Waals surface area contributed by atoms with Gasteiger partial charge in [0.05, 0.1) is 18.1 Å². The van der Waals surface area contributed by atoms with Crippen LogP contribution in [0.5, 0.6) is 0 Å². The van der Waals surface area contributed by atoms with Gasteiger partial charge in [0.1, 0.15) is 0 Å². The van der Waals surface area contributed by atoms with Crippen LogP contribution in [0.2, 0.25) is 0 Å². The molecule has 0 rings (SSSR count). The second-order valence-electron chi connectivity index (χ2n) is 4.00. The SMILES string of the molecule is CC#CC(CCCCS(=O)(=O)OCC)CS(=O)(=O)O. The smallest absolute Gasteiger partial charge is 0.267 e. The van der Waals surface area contributed by atoms with E-state index < -0.39 is 31.9 Å². The van der Waals surface area contributed by atoms with E-state index in [-0.39, 0.29) is 12.4 Å². The Labute approximate surface area is 115 Å². The minimum Gasteiger partial charge on any atom is -0.286 e. The average molecular weight is 312 g/mol. The van der Waals surface area contributed by atoms with Crippen molar-refractivity contribution in [2.75, 3.05) is 18.1 Å². The molecule has 0 radical (unpaired) electrons. The Hall–Kier alpha value is -0.620. The Morgan fingerprint density at radius 3 is 2.32 bits per heavy atom. The maximum atomic E-state index is 11.2. The molecule has 0 fully saturated rings. The molecule has 0 aliphatic heterocycles. The van der Waals surface area contributed by atoms with E-state index in [0.29, 0.717) is 19.3 Å². The van der Waals surface area contributed by atoms with E-state index in [1.807, 2.05) is 0 Å². The van der Waals surface area contributed by atoms with Gasteiger partial charge < -0.3 is 0 Å². The second-order valence-corrected chi connectivity index (χ2v) is 7.26. The fourth-order valence-electron chi connectivity index (χ4n) is 1.56. The number of hydrogen-bond donors (Lipinski definition) is 1. The lowest BCUT2D eigenvalue weighted by molar-refractivity contribution is 0.337. The van der Waals surface area contributed by atoms with Crippen molar-refractivity contribution in [2.24, 2.45) is 5.92 Å². The number of unbranched alkanes of at least 4 members (excludes halogenated alkanes) is 1. The van der Waals surface area contributed by atoms with Crippen molar-refractivity contribution >= 4 is 20.2 Å². The molecule has 19 heavy (non-hydrogen) atoms. The van der Waals surface area contributed by atoms with Crippen molar-refractivity contribution in [3.8, 4) is 11.8 Å². The third-order valence-corrected chi connectivity index (χ3v) is 4.46. The maximum Gasteiger partial charge on any atom is 0.267 e. The van der Waals surface area contributed by atoms with Crippen molar-refractivity contribution in [1.29, 1.82) is 0 Å². The van der Waals surface area contributed by atoms with Crippen LogP contribution in [0.25, 0.3) is 0 Å². The largest absolute Gasteiger partial charge is 0.286 e. The monoisotopic (exact) mass is 312 g/mol. The molecule has 1 N–H and O–H groups in total.